The average molecular weight is 295 g/mol. The van der Waals surface area contributed by atoms with Gasteiger partial charge in [-0.05, 0) is 36.3 Å². The van der Waals surface area contributed by atoms with Crippen LogP contribution in [0.3, 0.4) is 0 Å². The zero-order valence-electron chi connectivity index (χ0n) is 12.7. The predicted octanol–water partition coefficient (Wildman–Crippen LogP) is 3.51. The van der Waals surface area contributed by atoms with Crippen LogP contribution in [0.5, 0.6) is 0 Å². The highest BCUT2D eigenvalue weighted by atomic mass is 32.2. The lowest BCUT2D eigenvalue weighted by molar-refractivity contribution is 0.398. The van der Waals surface area contributed by atoms with E-state index in [4.69, 9.17) is 0 Å². The van der Waals surface area contributed by atoms with E-state index in [1.165, 1.54) is 5.56 Å². The molecule has 0 amide bonds. The van der Waals surface area contributed by atoms with Gasteiger partial charge in [-0.15, -0.1) is 0 Å². The quantitative estimate of drug-likeness (QED) is 0.772. The molecule has 0 radical (unpaired) electrons. The number of benzene rings is 1. The summed E-state index contributed by atoms with van der Waals surface area (Å²) in [7, 11) is -3.10. The minimum absolute atomic E-state index is 0.233. The Morgan fingerprint density at radius 3 is 2.25 bits per heavy atom. The summed E-state index contributed by atoms with van der Waals surface area (Å²) in [5.74, 6) is 0.764. The van der Waals surface area contributed by atoms with Gasteiger partial charge in [0.05, 0.1) is 5.75 Å². The first-order valence-corrected chi connectivity index (χ1v) is 9.13. The van der Waals surface area contributed by atoms with Crippen molar-refractivity contribution in [3.63, 3.8) is 0 Å². The van der Waals surface area contributed by atoms with Crippen molar-refractivity contribution in [3.8, 4) is 0 Å². The van der Waals surface area contributed by atoms with Crippen molar-refractivity contribution in [3.05, 3.63) is 35.4 Å². The molecular weight excluding hydrogens is 270 g/mol. The van der Waals surface area contributed by atoms with Crippen molar-refractivity contribution < 1.29 is 8.42 Å². The maximum Gasteiger partial charge on any atom is 0.214 e. The van der Waals surface area contributed by atoms with E-state index in [9.17, 15) is 8.42 Å². The molecule has 2 rings (SSSR count). The molecule has 0 unspecified atom stereocenters. The fraction of sp³-hybridized carbons (Fsp3) is 0.625. The van der Waals surface area contributed by atoms with Gasteiger partial charge >= 0.3 is 0 Å². The first kappa shape index (κ1) is 15.5. The fourth-order valence-electron chi connectivity index (χ4n) is 2.38. The van der Waals surface area contributed by atoms with Crippen molar-refractivity contribution in [2.75, 3.05) is 5.75 Å². The molecule has 1 aliphatic rings. The van der Waals surface area contributed by atoms with Gasteiger partial charge in [0.1, 0.15) is 0 Å². The van der Waals surface area contributed by atoms with Gasteiger partial charge in [0.25, 0.3) is 0 Å². The fourth-order valence-corrected chi connectivity index (χ4v) is 4.14. The first-order chi connectivity index (χ1) is 9.44. The summed E-state index contributed by atoms with van der Waals surface area (Å²) in [6.07, 6.45) is 2.69. The normalized spacial score (nSPS) is 16.1. The molecule has 0 aliphatic heterocycles. The van der Waals surface area contributed by atoms with E-state index >= 15 is 0 Å². The van der Waals surface area contributed by atoms with E-state index in [0.29, 0.717) is 18.9 Å². The van der Waals surface area contributed by atoms with Gasteiger partial charge in [0.2, 0.25) is 10.0 Å². The molecule has 0 saturated heterocycles. The van der Waals surface area contributed by atoms with Crippen LogP contribution < -0.4 is 0 Å². The van der Waals surface area contributed by atoms with Crippen LogP contribution in [0.2, 0.25) is 0 Å². The minimum atomic E-state index is -3.10. The zero-order valence-corrected chi connectivity index (χ0v) is 13.5. The average Bonchev–Trinajstić information content (AvgIpc) is 3.20. The highest BCUT2D eigenvalue weighted by Gasteiger charge is 2.36. The van der Waals surface area contributed by atoms with E-state index < -0.39 is 10.0 Å². The summed E-state index contributed by atoms with van der Waals surface area (Å²) in [5, 5.41) is 0. The van der Waals surface area contributed by atoms with E-state index in [0.717, 1.165) is 18.4 Å². The highest BCUT2D eigenvalue weighted by Crippen LogP contribution is 2.31. The molecule has 1 aromatic rings. The molecule has 112 valence electrons. The molecule has 4 heteroatoms. The Morgan fingerprint density at radius 1 is 1.20 bits per heavy atom. The Labute approximate surface area is 123 Å². The van der Waals surface area contributed by atoms with E-state index in [2.05, 4.69) is 38.1 Å². The molecule has 1 fully saturated rings. The van der Waals surface area contributed by atoms with Gasteiger partial charge in [0, 0.05) is 12.6 Å². The second-order valence-electron chi connectivity index (χ2n) is 5.99. The van der Waals surface area contributed by atoms with E-state index in [-0.39, 0.29) is 11.8 Å². The van der Waals surface area contributed by atoms with Crippen LogP contribution in [-0.4, -0.2) is 24.5 Å². The number of sulfonamides is 1. The van der Waals surface area contributed by atoms with Crippen molar-refractivity contribution >= 4 is 10.0 Å². The number of nitrogens with zero attached hydrogens (tertiary/aromatic N) is 1. The topological polar surface area (TPSA) is 37.4 Å². The van der Waals surface area contributed by atoms with Gasteiger partial charge in [-0.3, -0.25) is 0 Å². The van der Waals surface area contributed by atoms with Gasteiger partial charge in [-0.25, -0.2) is 8.42 Å². The molecule has 0 heterocycles. The molecule has 0 aromatic heterocycles. The summed E-state index contributed by atoms with van der Waals surface area (Å²) in [4.78, 5) is 0. The van der Waals surface area contributed by atoms with Crippen LogP contribution in [0.25, 0.3) is 0 Å². The van der Waals surface area contributed by atoms with Crippen LogP contribution in [-0.2, 0) is 16.6 Å². The molecule has 1 aliphatic carbocycles. The summed E-state index contributed by atoms with van der Waals surface area (Å²) in [5.41, 5.74) is 2.38. The molecule has 0 bridgehead atoms. The first-order valence-electron chi connectivity index (χ1n) is 7.52. The molecule has 1 saturated carbocycles. The second kappa shape index (κ2) is 6.27. The molecule has 0 atom stereocenters. The predicted molar refractivity (Wildman–Crippen MR) is 83.2 cm³/mol. The monoisotopic (exact) mass is 295 g/mol. The molecule has 0 spiro atoms. The SMILES string of the molecule is CCCS(=O)(=O)N(Cc1ccc(C(C)C)cc1)C1CC1. The summed E-state index contributed by atoms with van der Waals surface area (Å²) in [6, 6.07) is 8.57. The largest absolute Gasteiger partial charge is 0.214 e. The Bertz CT molecular complexity index is 530. The van der Waals surface area contributed by atoms with E-state index in [1.807, 2.05) is 6.92 Å². The Hall–Kier alpha value is -0.870. The van der Waals surface area contributed by atoms with Gasteiger partial charge in [0.15, 0.2) is 0 Å². The lowest BCUT2D eigenvalue weighted by atomic mass is 10.0. The van der Waals surface area contributed by atoms with Crippen LogP contribution in [0.15, 0.2) is 24.3 Å². The molecule has 1 aromatic carbocycles. The van der Waals surface area contributed by atoms with Gasteiger partial charge in [-0.1, -0.05) is 45.0 Å². The lowest BCUT2D eigenvalue weighted by Crippen LogP contribution is -2.34. The zero-order chi connectivity index (χ0) is 14.8. The molecule has 3 nitrogen and oxygen atoms in total. The standard InChI is InChI=1S/C16H25NO2S/c1-4-11-20(18,19)17(16-9-10-16)12-14-5-7-15(8-6-14)13(2)3/h5-8,13,16H,4,9-12H2,1-3H3. The van der Waals surface area contributed by atoms with Gasteiger partial charge < -0.3 is 0 Å². The van der Waals surface area contributed by atoms with Crippen LogP contribution in [0.1, 0.15) is 57.1 Å². The summed E-state index contributed by atoms with van der Waals surface area (Å²) < 4.78 is 26.3. The Morgan fingerprint density at radius 2 is 1.80 bits per heavy atom. The second-order valence-corrected chi connectivity index (χ2v) is 8.03. The Kier molecular flexibility index (Phi) is 4.86. The third-order valence-corrected chi connectivity index (χ3v) is 5.82. The molecular formula is C16H25NO2S. The number of rotatable bonds is 7. The van der Waals surface area contributed by atoms with Crippen LogP contribution in [0.4, 0.5) is 0 Å². The maximum atomic E-state index is 12.3. The van der Waals surface area contributed by atoms with Gasteiger partial charge in [-0.2, -0.15) is 4.31 Å². The minimum Gasteiger partial charge on any atom is -0.212 e. The summed E-state index contributed by atoms with van der Waals surface area (Å²) >= 11 is 0. The van der Waals surface area contributed by atoms with Crippen LogP contribution >= 0.6 is 0 Å². The summed E-state index contributed by atoms with van der Waals surface area (Å²) in [6.45, 7) is 6.76. The third kappa shape index (κ3) is 3.83. The maximum absolute atomic E-state index is 12.3. The van der Waals surface area contributed by atoms with Crippen molar-refractivity contribution in [2.45, 2.75) is 58.5 Å². The lowest BCUT2D eigenvalue weighted by Gasteiger charge is -2.22. The van der Waals surface area contributed by atoms with Crippen molar-refractivity contribution in [1.82, 2.24) is 4.31 Å². The van der Waals surface area contributed by atoms with Crippen molar-refractivity contribution in [1.29, 1.82) is 0 Å². The Balaban J connectivity index is 2.12. The third-order valence-electron chi connectivity index (χ3n) is 3.76. The van der Waals surface area contributed by atoms with E-state index in [1.54, 1.807) is 4.31 Å². The molecule has 20 heavy (non-hydrogen) atoms. The number of hydrogen-bond acceptors (Lipinski definition) is 2. The molecule has 0 N–H and O–H groups in total. The highest BCUT2D eigenvalue weighted by molar-refractivity contribution is 7.89. The van der Waals surface area contributed by atoms with Crippen molar-refractivity contribution in [2.24, 2.45) is 0 Å². The smallest absolute Gasteiger partial charge is 0.212 e. The van der Waals surface area contributed by atoms with Crippen LogP contribution in [0, 0.1) is 0 Å². The number of hydrogen-bond donors (Lipinski definition) is 0.